The second kappa shape index (κ2) is 4.69. The number of halogens is 1. The van der Waals surface area contributed by atoms with Crippen LogP contribution in [0.2, 0.25) is 0 Å². The van der Waals surface area contributed by atoms with Gasteiger partial charge < -0.3 is 0 Å². The molecule has 1 saturated heterocycles. The van der Waals surface area contributed by atoms with Gasteiger partial charge in [0, 0.05) is 10.9 Å². The molecule has 1 aromatic carbocycles. The van der Waals surface area contributed by atoms with Crippen LogP contribution in [0.4, 0.5) is 5.69 Å². The van der Waals surface area contributed by atoms with Crippen molar-refractivity contribution >= 4 is 33.4 Å². The van der Waals surface area contributed by atoms with E-state index in [9.17, 15) is 9.59 Å². The molecule has 2 fully saturated rings. The van der Waals surface area contributed by atoms with E-state index in [1.165, 1.54) is 4.90 Å². The zero-order chi connectivity index (χ0) is 14.5. The molecule has 2 amide bonds. The maximum atomic E-state index is 12.8. The molecule has 0 aromatic heterocycles. The third kappa shape index (κ3) is 1.93. The van der Waals surface area contributed by atoms with Gasteiger partial charge in [0.05, 0.1) is 11.1 Å². The molecule has 1 heterocycles. The largest absolute Gasteiger partial charge is 0.274 e. The minimum atomic E-state index is -0.400. The first-order valence-corrected chi connectivity index (χ1v) is 7.88. The quantitative estimate of drug-likeness (QED) is 0.730. The van der Waals surface area contributed by atoms with Gasteiger partial charge in [-0.25, -0.2) is 4.90 Å². The minimum absolute atomic E-state index is 0.0218. The SMILES string of the molecule is Cc1cc(Br)cc(C)c1N1C(=O)CC2(CCCC2)C1=O. The molecule has 106 valence electrons. The van der Waals surface area contributed by atoms with Gasteiger partial charge >= 0.3 is 0 Å². The van der Waals surface area contributed by atoms with Gasteiger partial charge in [-0.1, -0.05) is 28.8 Å². The van der Waals surface area contributed by atoms with E-state index < -0.39 is 5.41 Å². The van der Waals surface area contributed by atoms with Crippen LogP contribution in [0.15, 0.2) is 16.6 Å². The van der Waals surface area contributed by atoms with E-state index in [4.69, 9.17) is 0 Å². The lowest BCUT2D eigenvalue weighted by Gasteiger charge is -2.23. The maximum Gasteiger partial charge on any atom is 0.240 e. The topological polar surface area (TPSA) is 37.4 Å². The Morgan fingerprint density at radius 2 is 1.65 bits per heavy atom. The summed E-state index contributed by atoms with van der Waals surface area (Å²) in [6, 6.07) is 3.92. The van der Waals surface area contributed by atoms with Crippen molar-refractivity contribution in [2.45, 2.75) is 46.0 Å². The van der Waals surface area contributed by atoms with Gasteiger partial charge in [-0.15, -0.1) is 0 Å². The van der Waals surface area contributed by atoms with E-state index >= 15 is 0 Å². The highest BCUT2D eigenvalue weighted by Crippen LogP contribution is 2.48. The van der Waals surface area contributed by atoms with E-state index in [-0.39, 0.29) is 11.8 Å². The molecule has 3 nitrogen and oxygen atoms in total. The van der Waals surface area contributed by atoms with Crippen LogP contribution < -0.4 is 4.90 Å². The van der Waals surface area contributed by atoms with Crippen molar-refractivity contribution in [3.63, 3.8) is 0 Å². The zero-order valence-corrected chi connectivity index (χ0v) is 13.4. The Kier molecular flexibility index (Phi) is 3.24. The summed E-state index contributed by atoms with van der Waals surface area (Å²) in [4.78, 5) is 26.7. The molecule has 2 aliphatic rings. The number of carbonyl (C=O) groups excluding carboxylic acids is 2. The smallest absolute Gasteiger partial charge is 0.240 e. The number of carbonyl (C=O) groups is 2. The normalized spacial score (nSPS) is 21.2. The van der Waals surface area contributed by atoms with E-state index in [0.717, 1.165) is 47.0 Å². The second-order valence-electron chi connectivity index (χ2n) is 6.09. The number of anilines is 1. The summed E-state index contributed by atoms with van der Waals surface area (Å²) in [5.41, 5.74) is 2.32. The van der Waals surface area contributed by atoms with Gasteiger partial charge in [-0.2, -0.15) is 0 Å². The monoisotopic (exact) mass is 335 g/mol. The average Bonchev–Trinajstić information content (AvgIpc) is 2.89. The molecule has 4 heteroatoms. The van der Waals surface area contributed by atoms with Crippen molar-refractivity contribution in [1.29, 1.82) is 0 Å². The first-order chi connectivity index (χ1) is 9.44. The Morgan fingerprint density at radius 3 is 2.20 bits per heavy atom. The number of hydrogen-bond donors (Lipinski definition) is 0. The lowest BCUT2D eigenvalue weighted by molar-refractivity contribution is -0.125. The zero-order valence-electron chi connectivity index (χ0n) is 11.8. The number of benzene rings is 1. The third-order valence-corrected chi connectivity index (χ3v) is 5.09. The van der Waals surface area contributed by atoms with E-state index in [2.05, 4.69) is 15.9 Å². The van der Waals surface area contributed by atoms with Crippen LogP contribution in [0.25, 0.3) is 0 Å². The van der Waals surface area contributed by atoms with Crippen molar-refractivity contribution in [3.05, 3.63) is 27.7 Å². The van der Waals surface area contributed by atoms with Crippen LogP contribution in [-0.4, -0.2) is 11.8 Å². The Hall–Kier alpha value is -1.16. The molecule has 0 unspecified atom stereocenters. The van der Waals surface area contributed by atoms with Crippen LogP contribution in [-0.2, 0) is 9.59 Å². The first kappa shape index (κ1) is 13.8. The van der Waals surface area contributed by atoms with Gasteiger partial charge in [0.2, 0.25) is 11.8 Å². The van der Waals surface area contributed by atoms with Gasteiger partial charge in [-0.05, 0) is 49.9 Å². The van der Waals surface area contributed by atoms with E-state index in [1.807, 2.05) is 26.0 Å². The molecule has 1 aromatic rings. The van der Waals surface area contributed by atoms with Crippen LogP contribution in [0.3, 0.4) is 0 Å². The molecular formula is C16H18BrNO2. The highest BCUT2D eigenvalue weighted by atomic mass is 79.9. The van der Waals surface area contributed by atoms with E-state index in [1.54, 1.807) is 0 Å². The lowest BCUT2D eigenvalue weighted by Crippen LogP contribution is -2.35. The number of amides is 2. The summed E-state index contributed by atoms with van der Waals surface area (Å²) in [7, 11) is 0. The summed E-state index contributed by atoms with van der Waals surface area (Å²) in [6.07, 6.45) is 4.24. The fourth-order valence-corrected chi connectivity index (χ4v) is 4.41. The Labute approximate surface area is 127 Å². The minimum Gasteiger partial charge on any atom is -0.274 e. The fraction of sp³-hybridized carbons (Fsp3) is 0.500. The highest BCUT2D eigenvalue weighted by Gasteiger charge is 2.53. The molecule has 20 heavy (non-hydrogen) atoms. The molecule has 0 radical (unpaired) electrons. The molecule has 3 rings (SSSR count). The number of hydrogen-bond acceptors (Lipinski definition) is 2. The summed E-state index contributed by atoms with van der Waals surface area (Å²) in [6.45, 7) is 3.90. The van der Waals surface area contributed by atoms with Crippen molar-refractivity contribution in [3.8, 4) is 0 Å². The predicted octanol–water partition coefficient (Wildman–Crippen LogP) is 3.89. The molecule has 1 aliphatic carbocycles. The summed E-state index contributed by atoms with van der Waals surface area (Å²) < 4.78 is 0.978. The molecular weight excluding hydrogens is 318 g/mol. The van der Waals surface area contributed by atoms with Crippen LogP contribution >= 0.6 is 15.9 Å². The Morgan fingerprint density at radius 1 is 1.10 bits per heavy atom. The maximum absolute atomic E-state index is 12.8. The van der Waals surface area contributed by atoms with Crippen molar-refractivity contribution in [2.24, 2.45) is 5.41 Å². The summed E-state index contributed by atoms with van der Waals surface area (Å²) >= 11 is 3.46. The standard InChI is InChI=1S/C16H18BrNO2/c1-10-7-12(17)8-11(2)14(10)18-13(19)9-16(15(18)20)5-3-4-6-16/h7-8H,3-6,9H2,1-2H3. The molecule has 0 atom stereocenters. The third-order valence-electron chi connectivity index (χ3n) is 4.64. The van der Waals surface area contributed by atoms with Gasteiger partial charge in [0.25, 0.3) is 0 Å². The summed E-state index contributed by atoms with van der Waals surface area (Å²) in [5, 5.41) is 0. The van der Waals surface area contributed by atoms with Crippen LogP contribution in [0.5, 0.6) is 0 Å². The average molecular weight is 336 g/mol. The molecule has 1 saturated carbocycles. The number of nitrogens with zero attached hydrogens (tertiary/aromatic N) is 1. The van der Waals surface area contributed by atoms with E-state index in [0.29, 0.717) is 6.42 Å². The van der Waals surface area contributed by atoms with Crippen molar-refractivity contribution < 1.29 is 9.59 Å². The Balaban J connectivity index is 2.07. The van der Waals surface area contributed by atoms with Crippen LogP contribution in [0, 0.1) is 19.3 Å². The summed E-state index contributed by atoms with van der Waals surface area (Å²) in [5.74, 6) is -0.0149. The number of aryl methyl sites for hydroxylation is 2. The number of rotatable bonds is 1. The molecule has 1 aliphatic heterocycles. The van der Waals surface area contributed by atoms with Gasteiger partial charge in [0.1, 0.15) is 0 Å². The van der Waals surface area contributed by atoms with Crippen LogP contribution in [0.1, 0.15) is 43.2 Å². The molecule has 0 bridgehead atoms. The van der Waals surface area contributed by atoms with Gasteiger partial charge in [0.15, 0.2) is 0 Å². The lowest BCUT2D eigenvalue weighted by atomic mass is 9.84. The molecule has 0 N–H and O–H groups in total. The van der Waals surface area contributed by atoms with Crippen molar-refractivity contribution in [1.82, 2.24) is 0 Å². The first-order valence-electron chi connectivity index (χ1n) is 7.09. The molecule has 1 spiro atoms. The number of imide groups is 1. The predicted molar refractivity (Wildman–Crippen MR) is 81.6 cm³/mol. The fourth-order valence-electron chi connectivity index (χ4n) is 3.72. The second-order valence-corrected chi connectivity index (χ2v) is 7.00. The Bertz CT molecular complexity index is 579. The van der Waals surface area contributed by atoms with Gasteiger partial charge in [-0.3, -0.25) is 9.59 Å². The highest BCUT2D eigenvalue weighted by molar-refractivity contribution is 9.10. The van der Waals surface area contributed by atoms with Crippen molar-refractivity contribution in [2.75, 3.05) is 4.90 Å².